The summed E-state index contributed by atoms with van der Waals surface area (Å²) in [6.07, 6.45) is 0.0694. The highest BCUT2D eigenvalue weighted by Crippen LogP contribution is 2.30. The second kappa shape index (κ2) is 7.48. The van der Waals surface area contributed by atoms with Gasteiger partial charge in [0, 0.05) is 13.1 Å². The number of carbonyl (C=O) groups excluding carboxylic acids is 4. The van der Waals surface area contributed by atoms with Crippen molar-refractivity contribution in [3.05, 3.63) is 35.4 Å². The molecule has 1 aromatic carbocycles. The van der Waals surface area contributed by atoms with Gasteiger partial charge in [0.1, 0.15) is 11.6 Å². The van der Waals surface area contributed by atoms with Gasteiger partial charge < -0.3 is 4.74 Å². The van der Waals surface area contributed by atoms with Crippen molar-refractivity contribution in [3.63, 3.8) is 0 Å². The van der Waals surface area contributed by atoms with E-state index in [1.807, 2.05) is 5.01 Å². The predicted octanol–water partition coefficient (Wildman–Crippen LogP) is 0.762. The second-order valence-corrected chi connectivity index (χ2v) is 8.71. The van der Waals surface area contributed by atoms with Crippen LogP contribution in [0.5, 0.6) is 0 Å². The van der Waals surface area contributed by atoms with Crippen molar-refractivity contribution in [2.24, 2.45) is 0 Å². The lowest BCUT2D eigenvalue weighted by molar-refractivity contribution is -0.186. The fourth-order valence-electron chi connectivity index (χ4n) is 4.16. The fourth-order valence-corrected chi connectivity index (χ4v) is 4.16. The van der Waals surface area contributed by atoms with E-state index in [-0.39, 0.29) is 0 Å². The summed E-state index contributed by atoms with van der Waals surface area (Å²) in [6.45, 7) is 6.87. The predicted molar refractivity (Wildman–Crippen MR) is 106 cm³/mol. The lowest BCUT2D eigenvalue weighted by Gasteiger charge is -2.45. The van der Waals surface area contributed by atoms with Crippen molar-refractivity contribution in [1.29, 1.82) is 0 Å². The molecule has 2 fully saturated rings. The lowest BCUT2D eigenvalue weighted by Crippen LogP contribution is -2.67. The normalized spacial score (nSPS) is 25.1. The SMILES string of the molecule is CC(C)(C)OC(=O)[C@H]1NCCCN2CC[C@H](N3C(=O)c4ccccc4C3=O)C(=O)N12. The van der Waals surface area contributed by atoms with Crippen LogP contribution in [0.2, 0.25) is 0 Å². The lowest BCUT2D eigenvalue weighted by atomic mass is 10.1. The Hall–Kier alpha value is -2.78. The number of nitrogens with one attached hydrogen (secondary N) is 1. The molecular weight excluding hydrogens is 388 g/mol. The summed E-state index contributed by atoms with van der Waals surface area (Å²) in [4.78, 5) is 53.2. The molecule has 2 atom stereocenters. The smallest absolute Gasteiger partial charge is 0.346 e. The van der Waals surface area contributed by atoms with Crippen LogP contribution in [-0.2, 0) is 14.3 Å². The summed E-state index contributed by atoms with van der Waals surface area (Å²) in [5.74, 6) is -1.97. The molecule has 3 amide bonds. The quantitative estimate of drug-likeness (QED) is 0.563. The number of hydrogen-bond donors (Lipinski definition) is 1. The number of hydrogen-bond acceptors (Lipinski definition) is 7. The van der Waals surface area contributed by atoms with Gasteiger partial charge in [0.05, 0.1) is 11.1 Å². The van der Waals surface area contributed by atoms with E-state index < -0.39 is 41.5 Å². The molecule has 1 N–H and O–H groups in total. The van der Waals surface area contributed by atoms with Gasteiger partial charge in [-0.1, -0.05) is 12.1 Å². The van der Waals surface area contributed by atoms with Crippen LogP contribution in [0.15, 0.2) is 24.3 Å². The van der Waals surface area contributed by atoms with Gasteiger partial charge in [0.15, 0.2) is 6.17 Å². The Labute approximate surface area is 174 Å². The van der Waals surface area contributed by atoms with Gasteiger partial charge in [0.25, 0.3) is 17.7 Å². The standard InChI is InChI=1S/C21H26N4O5/c1-21(2,3)30-20(29)16-22-10-6-11-23-12-9-15(19(28)25(16)23)24-17(26)13-7-4-5-8-14(13)18(24)27/h4-5,7-8,15-16,22H,6,9-12H2,1-3H3/t15-,16-/m0/s1. The first-order valence-corrected chi connectivity index (χ1v) is 10.2. The number of rotatable bonds is 2. The maximum Gasteiger partial charge on any atom is 0.346 e. The molecule has 3 aliphatic rings. The van der Waals surface area contributed by atoms with E-state index in [1.165, 1.54) is 5.01 Å². The number of hydrazine groups is 1. The molecule has 160 valence electrons. The van der Waals surface area contributed by atoms with E-state index in [0.29, 0.717) is 37.2 Å². The molecule has 0 bridgehead atoms. The second-order valence-electron chi connectivity index (χ2n) is 8.71. The number of benzene rings is 1. The first-order valence-electron chi connectivity index (χ1n) is 10.2. The van der Waals surface area contributed by atoms with E-state index >= 15 is 0 Å². The number of ether oxygens (including phenoxy) is 1. The topological polar surface area (TPSA) is 99.3 Å². The van der Waals surface area contributed by atoms with Crippen molar-refractivity contribution < 1.29 is 23.9 Å². The number of carbonyl (C=O) groups is 4. The van der Waals surface area contributed by atoms with E-state index in [2.05, 4.69) is 5.32 Å². The van der Waals surface area contributed by atoms with Crippen LogP contribution in [0.4, 0.5) is 0 Å². The third-order valence-electron chi connectivity index (χ3n) is 5.42. The van der Waals surface area contributed by atoms with Gasteiger partial charge in [-0.05, 0) is 52.3 Å². The summed E-state index contributed by atoms with van der Waals surface area (Å²) in [5, 5.41) is 6.24. The summed E-state index contributed by atoms with van der Waals surface area (Å²) in [6, 6.07) is 5.60. The number of esters is 1. The first-order chi connectivity index (χ1) is 14.2. The Morgan fingerprint density at radius 1 is 1.07 bits per heavy atom. The van der Waals surface area contributed by atoms with Crippen LogP contribution in [0.3, 0.4) is 0 Å². The number of imide groups is 1. The maximum atomic E-state index is 13.5. The van der Waals surface area contributed by atoms with Crippen LogP contribution in [-0.4, -0.2) is 76.1 Å². The van der Waals surface area contributed by atoms with Crippen molar-refractivity contribution in [3.8, 4) is 0 Å². The zero-order chi connectivity index (χ0) is 21.6. The molecule has 0 aromatic heterocycles. The summed E-state index contributed by atoms with van der Waals surface area (Å²) >= 11 is 0. The Kier molecular flexibility index (Phi) is 5.11. The number of amides is 3. The van der Waals surface area contributed by atoms with Gasteiger partial charge in [-0.25, -0.2) is 14.8 Å². The Morgan fingerprint density at radius 2 is 1.70 bits per heavy atom. The highest BCUT2D eigenvalue weighted by Gasteiger charge is 2.50. The molecule has 0 saturated carbocycles. The van der Waals surface area contributed by atoms with E-state index in [9.17, 15) is 19.2 Å². The zero-order valence-corrected chi connectivity index (χ0v) is 17.4. The molecule has 3 aliphatic heterocycles. The minimum absolute atomic E-state index is 0.301. The first kappa shape index (κ1) is 20.5. The van der Waals surface area contributed by atoms with Crippen LogP contribution in [0, 0.1) is 0 Å². The van der Waals surface area contributed by atoms with Crippen molar-refractivity contribution in [2.75, 3.05) is 19.6 Å². The van der Waals surface area contributed by atoms with Crippen molar-refractivity contribution >= 4 is 23.7 Å². The minimum Gasteiger partial charge on any atom is -0.457 e. The van der Waals surface area contributed by atoms with Gasteiger partial charge in [0.2, 0.25) is 0 Å². The van der Waals surface area contributed by atoms with Gasteiger partial charge in [-0.3, -0.25) is 24.6 Å². The largest absolute Gasteiger partial charge is 0.457 e. The molecule has 4 rings (SSSR count). The molecule has 0 radical (unpaired) electrons. The molecular formula is C21H26N4O5. The Morgan fingerprint density at radius 3 is 2.30 bits per heavy atom. The highest BCUT2D eigenvalue weighted by molar-refractivity contribution is 6.22. The summed E-state index contributed by atoms with van der Waals surface area (Å²) < 4.78 is 5.51. The maximum absolute atomic E-state index is 13.5. The molecule has 30 heavy (non-hydrogen) atoms. The molecule has 0 aliphatic carbocycles. The van der Waals surface area contributed by atoms with E-state index in [4.69, 9.17) is 4.74 Å². The Bertz CT molecular complexity index is 874. The molecule has 9 nitrogen and oxygen atoms in total. The van der Waals surface area contributed by atoms with Crippen LogP contribution in [0.25, 0.3) is 0 Å². The molecule has 3 heterocycles. The zero-order valence-electron chi connectivity index (χ0n) is 17.4. The molecule has 2 saturated heterocycles. The van der Waals surface area contributed by atoms with Gasteiger partial charge in [-0.15, -0.1) is 0 Å². The van der Waals surface area contributed by atoms with Crippen molar-refractivity contribution in [2.45, 2.75) is 51.4 Å². The average Bonchev–Trinajstić information content (AvgIpc) is 2.84. The molecule has 1 aromatic rings. The van der Waals surface area contributed by atoms with Gasteiger partial charge in [-0.2, -0.15) is 0 Å². The molecule has 9 heteroatoms. The monoisotopic (exact) mass is 414 g/mol. The number of nitrogens with zero attached hydrogens (tertiary/aromatic N) is 3. The van der Waals surface area contributed by atoms with Crippen molar-refractivity contribution in [1.82, 2.24) is 20.2 Å². The molecule has 0 unspecified atom stereocenters. The average molecular weight is 414 g/mol. The Balaban J connectivity index is 1.63. The number of fused-ring (bicyclic) bond motifs is 2. The third-order valence-corrected chi connectivity index (χ3v) is 5.42. The van der Waals surface area contributed by atoms with E-state index in [1.54, 1.807) is 45.0 Å². The van der Waals surface area contributed by atoms with Crippen LogP contribution < -0.4 is 5.32 Å². The minimum atomic E-state index is -1.00. The van der Waals surface area contributed by atoms with E-state index in [0.717, 1.165) is 11.3 Å². The highest BCUT2D eigenvalue weighted by atomic mass is 16.6. The summed E-state index contributed by atoms with van der Waals surface area (Å²) in [5.41, 5.74) is -0.109. The summed E-state index contributed by atoms with van der Waals surface area (Å²) in [7, 11) is 0. The molecule has 0 spiro atoms. The van der Waals surface area contributed by atoms with Gasteiger partial charge >= 0.3 is 5.97 Å². The fraction of sp³-hybridized carbons (Fsp3) is 0.524. The van der Waals surface area contributed by atoms with Crippen LogP contribution in [0.1, 0.15) is 54.3 Å². The third kappa shape index (κ3) is 3.48. The van der Waals surface area contributed by atoms with Crippen LogP contribution >= 0.6 is 0 Å².